The normalized spacial score (nSPS) is 15.1. The van der Waals surface area contributed by atoms with Gasteiger partial charge in [0.25, 0.3) is 5.91 Å². The second kappa shape index (κ2) is 7.19. The summed E-state index contributed by atoms with van der Waals surface area (Å²) in [5.41, 5.74) is 0.946. The zero-order valence-corrected chi connectivity index (χ0v) is 15.0. The number of nitrogens with one attached hydrogen (secondary N) is 1. The van der Waals surface area contributed by atoms with Crippen LogP contribution in [0.3, 0.4) is 0 Å². The van der Waals surface area contributed by atoms with Crippen molar-refractivity contribution in [1.29, 1.82) is 0 Å². The van der Waals surface area contributed by atoms with E-state index in [4.69, 9.17) is 4.74 Å². The molecular formula is C19H24N4O2. The van der Waals surface area contributed by atoms with Crippen LogP contribution in [-0.2, 0) is 4.74 Å². The highest BCUT2D eigenvalue weighted by atomic mass is 16.5. The number of carbonyl (C=O) groups is 1. The molecule has 0 aliphatic carbocycles. The SMILES string of the molecule is CC(C)(C)NC(=O)c1cc(N2CCOCC2)nc(-c2ccccc2)n1. The first-order valence-corrected chi connectivity index (χ1v) is 8.52. The van der Waals surface area contributed by atoms with E-state index in [2.05, 4.69) is 20.2 Å². The van der Waals surface area contributed by atoms with E-state index in [1.807, 2.05) is 51.1 Å². The van der Waals surface area contributed by atoms with Crippen LogP contribution >= 0.6 is 0 Å². The van der Waals surface area contributed by atoms with E-state index >= 15 is 0 Å². The molecule has 1 aromatic carbocycles. The molecular weight excluding hydrogens is 316 g/mol. The topological polar surface area (TPSA) is 67.4 Å². The van der Waals surface area contributed by atoms with Crippen molar-refractivity contribution >= 4 is 11.7 Å². The summed E-state index contributed by atoms with van der Waals surface area (Å²) in [6, 6.07) is 11.5. The Morgan fingerprint density at radius 1 is 1.12 bits per heavy atom. The summed E-state index contributed by atoms with van der Waals surface area (Å²) in [4.78, 5) is 24.0. The molecule has 0 radical (unpaired) electrons. The molecule has 1 saturated heterocycles. The van der Waals surface area contributed by atoms with E-state index < -0.39 is 0 Å². The number of rotatable bonds is 3. The molecule has 0 unspecified atom stereocenters. The molecule has 25 heavy (non-hydrogen) atoms. The number of nitrogens with zero attached hydrogens (tertiary/aromatic N) is 3. The fraction of sp³-hybridized carbons (Fsp3) is 0.421. The van der Waals surface area contributed by atoms with E-state index in [-0.39, 0.29) is 11.4 Å². The summed E-state index contributed by atoms with van der Waals surface area (Å²) in [5.74, 6) is 1.13. The van der Waals surface area contributed by atoms with Gasteiger partial charge in [0.05, 0.1) is 13.2 Å². The van der Waals surface area contributed by atoms with E-state index in [1.54, 1.807) is 6.07 Å². The van der Waals surface area contributed by atoms with Crippen molar-refractivity contribution in [1.82, 2.24) is 15.3 Å². The van der Waals surface area contributed by atoms with Gasteiger partial charge >= 0.3 is 0 Å². The molecule has 1 fully saturated rings. The van der Waals surface area contributed by atoms with Crippen molar-refractivity contribution in [3.63, 3.8) is 0 Å². The Bertz CT molecular complexity index is 735. The number of carbonyl (C=O) groups excluding carboxylic acids is 1. The highest BCUT2D eigenvalue weighted by Gasteiger charge is 2.21. The van der Waals surface area contributed by atoms with Crippen LogP contribution in [0, 0.1) is 0 Å². The maximum absolute atomic E-state index is 12.6. The van der Waals surface area contributed by atoms with Gasteiger partial charge in [-0.3, -0.25) is 4.79 Å². The van der Waals surface area contributed by atoms with Crippen molar-refractivity contribution in [2.75, 3.05) is 31.2 Å². The standard InChI is InChI=1S/C19H24N4O2/c1-19(2,3)22-18(24)15-13-16(23-9-11-25-12-10-23)21-17(20-15)14-7-5-4-6-8-14/h4-8,13H,9-12H2,1-3H3,(H,22,24). The summed E-state index contributed by atoms with van der Waals surface area (Å²) in [7, 11) is 0. The number of benzene rings is 1. The average Bonchev–Trinajstić information content (AvgIpc) is 2.61. The van der Waals surface area contributed by atoms with Gasteiger partial charge in [-0.2, -0.15) is 0 Å². The maximum Gasteiger partial charge on any atom is 0.270 e. The number of hydrogen-bond acceptors (Lipinski definition) is 5. The van der Waals surface area contributed by atoms with Crippen molar-refractivity contribution in [3.05, 3.63) is 42.1 Å². The predicted octanol–water partition coefficient (Wildman–Crippen LogP) is 2.51. The fourth-order valence-corrected chi connectivity index (χ4v) is 2.63. The summed E-state index contributed by atoms with van der Waals surface area (Å²) in [5, 5.41) is 2.97. The summed E-state index contributed by atoms with van der Waals surface area (Å²) < 4.78 is 5.42. The lowest BCUT2D eigenvalue weighted by molar-refractivity contribution is 0.0914. The second-order valence-corrected chi connectivity index (χ2v) is 7.10. The second-order valence-electron chi connectivity index (χ2n) is 7.10. The Kier molecular flexibility index (Phi) is 4.99. The van der Waals surface area contributed by atoms with Crippen LogP contribution in [-0.4, -0.2) is 47.7 Å². The van der Waals surface area contributed by atoms with Crippen LogP contribution in [0.4, 0.5) is 5.82 Å². The van der Waals surface area contributed by atoms with Crippen molar-refractivity contribution < 1.29 is 9.53 Å². The number of morpholine rings is 1. The van der Waals surface area contributed by atoms with Gasteiger partial charge in [0.15, 0.2) is 5.82 Å². The molecule has 0 spiro atoms. The van der Waals surface area contributed by atoms with Crippen LogP contribution in [0.25, 0.3) is 11.4 Å². The van der Waals surface area contributed by atoms with E-state index in [1.165, 1.54) is 0 Å². The molecule has 1 aliphatic rings. The van der Waals surface area contributed by atoms with Crippen LogP contribution in [0.1, 0.15) is 31.3 Å². The fourth-order valence-electron chi connectivity index (χ4n) is 2.63. The van der Waals surface area contributed by atoms with Gasteiger partial charge in [-0.15, -0.1) is 0 Å². The Labute approximate surface area is 148 Å². The largest absolute Gasteiger partial charge is 0.378 e. The number of anilines is 1. The molecule has 1 N–H and O–H groups in total. The van der Waals surface area contributed by atoms with Gasteiger partial charge in [-0.05, 0) is 20.8 Å². The van der Waals surface area contributed by atoms with E-state index in [0.717, 1.165) is 24.5 Å². The molecule has 0 atom stereocenters. The van der Waals surface area contributed by atoms with Crippen LogP contribution < -0.4 is 10.2 Å². The van der Waals surface area contributed by atoms with Gasteiger partial charge < -0.3 is 15.0 Å². The molecule has 3 rings (SSSR count). The molecule has 1 aliphatic heterocycles. The Morgan fingerprint density at radius 3 is 2.44 bits per heavy atom. The van der Waals surface area contributed by atoms with Crippen molar-refractivity contribution in [3.8, 4) is 11.4 Å². The van der Waals surface area contributed by atoms with Crippen LogP contribution in [0.15, 0.2) is 36.4 Å². The molecule has 132 valence electrons. The third kappa shape index (κ3) is 4.54. The minimum atomic E-state index is -0.325. The molecule has 6 nitrogen and oxygen atoms in total. The lowest BCUT2D eigenvalue weighted by Gasteiger charge is -2.28. The van der Waals surface area contributed by atoms with Crippen molar-refractivity contribution in [2.24, 2.45) is 0 Å². The Balaban J connectivity index is 2.00. The number of ether oxygens (including phenoxy) is 1. The first-order valence-electron chi connectivity index (χ1n) is 8.52. The quantitative estimate of drug-likeness (QED) is 0.930. The zero-order valence-electron chi connectivity index (χ0n) is 15.0. The molecule has 0 saturated carbocycles. The van der Waals surface area contributed by atoms with Gasteiger partial charge in [0.2, 0.25) is 0 Å². The first-order chi connectivity index (χ1) is 11.9. The summed E-state index contributed by atoms with van der Waals surface area (Å²) in [6.45, 7) is 8.69. The minimum absolute atomic E-state index is 0.193. The van der Waals surface area contributed by atoms with Crippen molar-refractivity contribution in [2.45, 2.75) is 26.3 Å². The van der Waals surface area contributed by atoms with E-state index in [0.29, 0.717) is 24.7 Å². The smallest absolute Gasteiger partial charge is 0.270 e. The lowest BCUT2D eigenvalue weighted by atomic mass is 10.1. The number of aromatic nitrogens is 2. The zero-order chi connectivity index (χ0) is 17.9. The average molecular weight is 340 g/mol. The first kappa shape index (κ1) is 17.4. The third-order valence-corrected chi connectivity index (χ3v) is 3.80. The van der Waals surface area contributed by atoms with Crippen LogP contribution in [0.2, 0.25) is 0 Å². The highest BCUT2D eigenvalue weighted by molar-refractivity contribution is 5.94. The summed E-state index contributed by atoms with van der Waals surface area (Å²) in [6.07, 6.45) is 0. The third-order valence-electron chi connectivity index (χ3n) is 3.80. The monoisotopic (exact) mass is 340 g/mol. The molecule has 2 heterocycles. The highest BCUT2D eigenvalue weighted by Crippen LogP contribution is 2.21. The minimum Gasteiger partial charge on any atom is -0.378 e. The summed E-state index contributed by atoms with van der Waals surface area (Å²) >= 11 is 0. The Hall–Kier alpha value is -2.47. The maximum atomic E-state index is 12.6. The van der Waals surface area contributed by atoms with Gasteiger partial charge in [0.1, 0.15) is 11.5 Å². The Morgan fingerprint density at radius 2 is 1.80 bits per heavy atom. The number of hydrogen-bond donors (Lipinski definition) is 1. The molecule has 0 bridgehead atoms. The van der Waals surface area contributed by atoms with Crippen LogP contribution in [0.5, 0.6) is 0 Å². The number of amides is 1. The molecule has 1 amide bonds. The van der Waals surface area contributed by atoms with Gasteiger partial charge in [0, 0.05) is 30.3 Å². The van der Waals surface area contributed by atoms with Gasteiger partial charge in [-0.25, -0.2) is 9.97 Å². The molecule has 6 heteroatoms. The molecule has 1 aromatic heterocycles. The lowest BCUT2D eigenvalue weighted by Crippen LogP contribution is -2.41. The van der Waals surface area contributed by atoms with E-state index in [9.17, 15) is 4.79 Å². The predicted molar refractivity (Wildman–Crippen MR) is 97.7 cm³/mol. The van der Waals surface area contributed by atoms with Gasteiger partial charge in [-0.1, -0.05) is 30.3 Å². The molecule has 2 aromatic rings.